The molecular formula is C15H29ClF3N3O. The van der Waals surface area contributed by atoms with E-state index in [9.17, 15) is 18.0 Å². The molecule has 1 aliphatic heterocycles. The third-order valence-corrected chi connectivity index (χ3v) is 4.16. The standard InChI is InChI=1S/C15H28F3N3O.ClH/c1-12(2)21(11-15(16,17)18)14(22)10-20-8-5-13(6-9-20)4-7-19-3;/h12-13,19H,4-11H2,1-3H3;1H. The largest absolute Gasteiger partial charge is 0.406 e. The number of amides is 1. The van der Waals surface area contributed by atoms with E-state index >= 15 is 0 Å². The number of likely N-dealkylation sites (tertiary alicyclic amines) is 1. The van der Waals surface area contributed by atoms with Gasteiger partial charge in [0, 0.05) is 6.04 Å². The molecule has 0 unspecified atom stereocenters. The van der Waals surface area contributed by atoms with Gasteiger partial charge in [0.15, 0.2) is 0 Å². The quantitative estimate of drug-likeness (QED) is 0.758. The number of nitrogens with zero attached hydrogens (tertiary/aromatic N) is 2. The van der Waals surface area contributed by atoms with Gasteiger partial charge in [0.25, 0.3) is 0 Å². The third-order valence-electron chi connectivity index (χ3n) is 4.16. The number of piperidine rings is 1. The van der Waals surface area contributed by atoms with Gasteiger partial charge in [-0.3, -0.25) is 9.69 Å². The molecule has 23 heavy (non-hydrogen) atoms. The molecule has 0 spiro atoms. The van der Waals surface area contributed by atoms with E-state index in [1.54, 1.807) is 13.8 Å². The Bertz CT molecular complexity index is 345. The van der Waals surface area contributed by atoms with Gasteiger partial charge in [-0.1, -0.05) is 0 Å². The lowest BCUT2D eigenvalue weighted by Crippen LogP contribution is -2.49. The molecule has 0 radical (unpaired) electrons. The predicted molar refractivity (Wildman–Crippen MR) is 87.9 cm³/mol. The zero-order chi connectivity index (χ0) is 16.8. The van der Waals surface area contributed by atoms with Crippen molar-refractivity contribution >= 4 is 18.3 Å². The summed E-state index contributed by atoms with van der Waals surface area (Å²) >= 11 is 0. The first-order valence-electron chi connectivity index (χ1n) is 7.96. The molecule has 1 rings (SSSR count). The second-order valence-corrected chi connectivity index (χ2v) is 6.34. The minimum Gasteiger partial charge on any atom is -0.330 e. The molecular weight excluding hydrogens is 331 g/mol. The lowest BCUT2D eigenvalue weighted by atomic mass is 9.93. The van der Waals surface area contributed by atoms with E-state index in [1.165, 1.54) is 0 Å². The molecule has 0 aromatic carbocycles. The van der Waals surface area contributed by atoms with Gasteiger partial charge in [0.1, 0.15) is 6.54 Å². The summed E-state index contributed by atoms with van der Waals surface area (Å²) in [6.07, 6.45) is -1.21. The summed E-state index contributed by atoms with van der Waals surface area (Å²) in [5.41, 5.74) is 0. The average molecular weight is 360 g/mol. The Morgan fingerprint density at radius 2 is 1.87 bits per heavy atom. The molecule has 0 saturated carbocycles. The highest BCUT2D eigenvalue weighted by atomic mass is 35.5. The fourth-order valence-electron chi connectivity index (χ4n) is 2.82. The van der Waals surface area contributed by atoms with Crippen LogP contribution < -0.4 is 5.32 Å². The number of halogens is 4. The van der Waals surface area contributed by atoms with E-state index in [2.05, 4.69) is 5.32 Å². The molecule has 138 valence electrons. The second kappa shape index (κ2) is 10.4. The molecule has 1 heterocycles. The minimum atomic E-state index is -4.35. The van der Waals surface area contributed by atoms with Crippen LogP contribution in [0, 0.1) is 5.92 Å². The van der Waals surface area contributed by atoms with Crippen molar-refractivity contribution in [2.24, 2.45) is 5.92 Å². The number of carbonyl (C=O) groups excluding carboxylic acids is 1. The van der Waals surface area contributed by atoms with E-state index in [4.69, 9.17) is 0 Å². The number of carbonyl (C=O) groups is 1. The Labute approximate surface area is 143 Å². The van der Waals surface area contributed by atoms with Gasteiger partial charge in [-0.25, -0.2) is 0 Å². The lowest BCUT2D eigenvalue weighted by molar-refractivity contribution is -0.165. The summed E-state index contributed by atoms with van der Waals surface area (Å²) in [5.74, 6) is 0.219. The summed E-state index contributed by atoms with van der Waals surface area (Å²) in [4.78, 5) is 15.1. The Hall–Kier alpha value is -0.530. The van der Waals surface area contributed by atoms with Crippen molar-refractivity contribution in [3.63, 3.8) is 0 Å². The molecule has 0 aromatic heterocycles. The van der Waals surface area contributed by atoms with Crippen molar-refractivity contribution in [2.45, 2.75) is 45.3 Å². The first kappa shape index (κ1) is 22.5. The van der Waals surface area contributed by atoms with Gasteiger partial charge in [-0.15, -0.1) is 12.4 Å². The number of nitrogens with one attached hydrogen (secondary N) is 1. The van der Waals surface area contributed by atoms with Gasteiger partial charge in [-0.2, -0.15) is 13.2 Å². The summed E-state index contributed by atoms with van der Waals surface area (Å²) in [7, 11) is 1.93. The van der Waals surface area contributed by atoms with Crippen LogP contribution in [0.5, 0.6) is 0 Å². The molecule has 1 saturated heterocycles. The van der Waals surface area contributed by atoms with Crippen LogP contribution in [0.4, 0.5) is 13.2 Å². The zero-order valence-electron chi connectivity index (χ0n) is 14.2. The highest BCUT2D eigenvalue weighted by molar-refractivity contribution is 5.85. The summed E-state index contributed by atoms with van der Waals surface area (Å²) in [5, 5.41) is 3.13. The molecule has 0 bridgehead atoms. The van der Waals surface area contributed by atoms with Crippen LogP contribution in [-0.4, -0.2) is 67.7 Å². The molecule has 0 atom stereocenters. The fourth-order valence-corrected chi connectivity index (χ4v) is 2.82. The average Bonchev–Trinajstić information content (AvgIpc) is 2.42. The van der Waals surface area contributed by atoms with Crippen LogP contribution >= 0.6 is 12.4 Å². The minimum absolute atomic E-state index is 0. The Morgan fingerprint density at radius 3 is 2.30 bits per heavy atom. The van der Waals surface area contributed by atoms with Gasteiger partial charge in [-0.05, 0) is 65.7 Å². The Balaban J connectivity index is 0.00000484. The van der Waals surface area contributed by atoms with Gasteiger partial charge < -0.3 is 10.2 Å². The number of hydrogen-bond donors (Lipinski definition) is 1. The summed E-state index contributed by atoms with van der Waals surface area (Å²) < 4.78 is 37.7. The van der Waals surface area contributed by atoms with E-state index in [1.807, 2.05) is 11.9 Å². The molecule has 1 N–H and O–H groups in total. The lowest BCUT2D eigenvalue weighted by Gasteiger charge is -2.34. The van der Waals surface area contributed by atoms with Crippen LogP contribution in [0.3, 0.4) is 0 Å². The number of rotatable bonds is 7. The van der Waals surface area contributed by atoms with Gasteiger partial charge in [0.05, 0.1) is 6.54 Å². The zero-order valence-corrected chi connectivity index (χ0v) is 15.0. The van der Waals surface area contributed by atoms with Crippen molar-refractivity contribution in [3.05, 3.63) is 0 Å². The smallest absolute Gasteiger partial charge is 0.330 e. The molecule has 1 aliphatic rings. The number of alkyl halides is 3. The summed E-state index contributed by atoms with van der Waals surface area (Å²) in [6.45, 7) is 4.73. The molecule has 8 heteroatoms. The van der Waals surface area contributed by atoms with Gasteiger partial charge in [0.2, 0.25) is 5.91 Å². The molecule has 1 amide bonds. The van der Waals surface area contributed by atoms with Crippen LogP contribution in [0.2, 0.25) is 0 Å². The van der Waals surface area contributed by atoms with Crippen molar-refractivity contribution in [2.75, 3.05) is 39.8 Å². The number of hydrogen-bond acceptors (Lipinski definition) is 3. The third kappa shape index (κ3) is 8.77. The summed E-state index contributed by atoms with van der Waals surface area (Å²) in [6, 6.07) is -0.442. The fraction of sp³-hybridized carbons (Fsp3) is 0.933. The van der Waals surface area contributed by atoms with E-state index in [-0.39, 0.29) is 19.0 Å². The van der Waals surface area contributed by atoms with Crippen LogP contribution in [0.1, 0.15) is 33.1 Å². The molecule has 1 fully saturated rings. The monoisotopic (exact) mass is 359 g/mol. The molecule has 0 aliphatic carbocycles. The van der Waals surface area contributed by atoms with Crippen molar-refractivity contribution in [3.8, 4) is 0 Å². The normalized spacial score (nSPS) is 17.2. The Kier molecular flexibility index (Phi) is 10.1. The van der Waals surface area contributed by atoms with Crippen molar-refractivity contribution in [1.82, 2.24) is 15.1 Å². The Morgan fingerprint density at radius 1 is 1.30 bits per heavy atom. The van der Waals surface area contributed by atoms with Crippen molar-refractivity contribution < 1.29 is 18.0 Å². The first-order chi connectivity index (χ1) is 10.2. The maximum atomic E-state index is 12.6. The highest BCUT2D eigenvalue weighted by Gasteiger charge is 2.34. The van der Waals surface area contributed by atoms with E-state index in [0.717, 1.165) is 43.8 Å². The van der Waals surface area contributed by atoms with Crippen molar-refractivity contribution in [1.29, 1.82) is 0 Å². The van der Waals surface area contributed by atoms with E-state index < -0.39 is 24.7 Å². The second-order valence-electron chi connectivity index (χ2n) is 6.34. The SMILES string of the molecule is CNCCC1CCN(CC(=O)N(CC(F)(F)F)C(C)C)CC1.Cl. The predicted octanol–water partition coefficient (Wildman–Crippen LogP) is 2.53. The first-order valence-corrected chi connectivity index (χ1v) is 7.96. The topological polar surface area (TPSA) is 35.6 Å². The molecule has 4 nitrogen and oxygen atoms in total. The molecule has 0 aromatic rings. The maximum Gasteiger partial charge on any atom is 0.406 e. The van der Waals surface area contributed by atoms with Crippen LogP contribution in [0.25, 0.3) is 0 Å². The maximum absolute atomic E-state index is 12.6. The van der Waals surface area contributed by atoms with Gasteiger partial charge >= 0.3 is 6.18 Å². The van der Waals surface area contributed by atoms with Crippen LogP contribution in [-0.2, 0) is 4.79 Å². The van der Waals surface area contributed by atoms with E-state index in [0.29, 0.717) is 5.92 Å². The van der Waals surface area contributed by atoms with Crippen LogP contribution in [0.15, 0.2) is 0 Å². The highest BCUT2D eigenvalue weighted by Crippen LogP contribution is 2.21.